The van der Waals surface area contributed by atoms with Gasteiger partial charge in [0.1, 0.15) is 0 Å². The maximum Gasteiger partial charge on any atom is 0.0237 e. The Kier molecular flexibility index (Phi) is 3.07. The molecule has 1 aliphatic carbocycles. The van der Waals surface area contributed by atoms with Gasteiger partial charge in [0.05, 0.1) is 0 Å². The van der Waals surface area contributed by atoms with E-state index < -0.39 is 0 Å². The molecule has 0 radical (unpaired) electrons. The third kappa shape index (κ3) is 2.22. The first-order valence-electron chi connectivity index (χ1n) is 3.87. The van der Waals surface area contributed by atoms with E-state index in [2.05, 4.69) is 37.8 Å². The highest BCUT2D eigenvalue weighted by molar-refractivity contribution is 7.81. The fraction of sp³-hybridized carbons (Fsp3) is 0.556. The molecule has 0 aromatic heterocycles. The Labute approximate surface area is 68.4 Å². The average Bonchev–Trinajstić information content (AvgIpc) is 1.88. The van der Waals surface area contributed by atoms with E-state index >= 15 is 0 Å². The second-order valence-corrected chi connectivity index (χ2v) is 3.39. The van der Waals surface area contributed by atoms with Crippen LogP contribution >= 0.6 is 12.6 Å². The van der Waals surface area contributed by atoms with Gasteiger partial charge in [-0.2, -0.15) is 12.6 Å². The zero-order valence-electron chi connectivity index (χ0n) is 6.38. The van der Waals surface area contributed by atoms with Gasteiger partial charge in [-0.15, -0.1) is 0 Å². The van der Waals surface area contributed by atoms with Crippen molar-refractivity contribution < 1.29 is 0 Å². The molecule has 0 amide bonds. The number of allylic oxidation sites excluding steroid dienone is 3. The summed E-state index contributed by atoms with van der Waals surface area (Å²) in [6.07, 6.45) is 10.1. The van der Waals surface area contributed by atoms with Crippen molar-refractivity contribution in [2.24, 2.45) is 0 Å². The van der Waals surface area contributed by atoms with Gasteiger partial charge in [-0.05, 0) is 12.8 Å². The van der Waals surface area contributed by atoms with E-state index in [-0.39, 0.29) is 0 Å². The maximum atomic E-state index is 4.39. The van der Waals surface area contributed by atoms with Crippen LogP contribution in [0.5, 0.6) is 0 Å². The Morgan fingerprint density at radius 3 is 3.10 bits per heavy atom. The maximum absolute atomic E-state index is 4.39. The molecule has 1 atom stereocenters. The lowest BCUT2D eigenvalue weighted by molar-refractivity contribution is 0.830. The SMILES string of the molecule is CCCC1=CC=CC(S)C1. The standard InChI is InChI=1S/C9H14S/c1-2-4-8-5-3-6-9(10)7-8/h3,5-6,9-10H,2,4,7H2,1H3. The Balaban J connectivity index is 2.45. The molecule has 0 N–H and O–H groups in total. The molecule has 0 aromatic carbocycles. The van der Waals surface area contributed by atoms with Crippen LogP contribution in [0.2, 0.25) is 0 Å². The Morgan fingerprint density at radius 1 is 1.70 bits per heavy atom. The van der Waals surface area contributed by atoms with Crippen LogP contribution in [-0.4, -0.2) is 5.25 Å². The van der Waals surface area contributed by atoms with Crippen LogP contribution in [-0.2, 0) is 0 Å². The molecule has 0 saturated heterocycles. The Bertz CT molecular complexity index is 156. The van der Waals surface area contributed by atoms with E-state index in [0.29, 0.717) is 5.25 Å². The summed E-state index contributed by atoms with van der Waals surface area (Å²) in [4.78, 5) is 0. The molecule has 1 heteroatoms. The topological polar surface area (TPSA) is 0 Å². The van der Waals surface area contributed by atoms with Gasteiger partial charge in [-0.3, -0.25) is 0 Å². The molecule has 0 bridgehead atoms. The molecular formula is C9H14S. The molecule has 1 unspecified atom stereocenters. The van der Waals surface area contributed by atoms with Gasteiger partial charge in [0, 0.05) is 5.25 Å². The molecule has 10 heavy (non-hydrogen) atoms. The van der Waals surface area contributed by atoms with Gasteiger partial charge in [-0.25, -0.2) is 0 Å². The normalized spacial score (nSPS) is 24.6. The zero-order valence-corrected chi connectivity index (χ0v) is 7.27. The molecule has 0 spiro atoms. The predicted molar refractivity (Wildman–Crippen MR) is 49.5 cm³/mol. The van der Waals surface area contributed by atoms with Crippen molar-refractivity contribution in [3.63, 3.8) is 0 Å². The minimum Gasteiger partial charge on any atom is -0.171 e. The van der Waals surface area contributed by atoms with Crippen molar-refractivity contribution in [2.45, 2.75) is 31.4 Å². The van der Waals surface area contributed by atoms with E-state index in [1.807, 2.05) is 0 Å². The number of hydrogen-bond acceptors (Lipinski definition) is 1. The summed E-state index contributed by atoms with van der Waals surface area (Å²) in [6.45, 7) is 2.21. The number of rotatable bonds is 2. The molecule has 1 rings (SSSR count). The van der Waals surface area contributed by atoms with Crippen LogP contribution in [0.15, 0.2) is 23.8 Å². The highest BCUT2D eigenvalue weighted by Gasteiger charge is 2.05. The summed E-state index contributed by atoms with van der Waals surface area (Å²) < 4.78 is 0. The second kappa shape index (κ2) is 3.87. The van der Waals surface area contributed by atoms with E-state index in [4.69, 9.17) is 0 Å². The highest BCUT2D eigenvalue weighted by atomic mass is 32.1. The summed E-state index contributed by atoms with van der Waals surface area (Å²) in [5.41, 5.74) is 1.55. The summed E-state index contributed by atoms with van der Waals surface area (Å²) in [5, 5.41) is 0.464. The molecule has 0 fully saturated rings. The molecule has 0 saturated carbocycles. The minimum atomic E-state index is 0.464. The molecular weight excluding hydrogens is 140 g/mol. The van der Waals surface area contributed by atoms with Crippen molar-refractivity contribution in [2.75, 3.05) is 0 Å². The summed E-state index contributed by atoms with van der Waals surface area (Å²) >= 11 is 4.39. The third-order valence-electron chi connectivity index (χ3n) is 1.71. The van der Waals surface area contributed by atoms with E-state index in [1.165, 1.54) is 12.8 Å². The highest BCUT2D eigenvalue weighted by Crippen LogP contribution is 2.20. The van der Waals surface area contributed by atoms with Gasteiger partial charge >= 0.3 is 0 Å². The quantitative estimate of drug-likeness (QED) is 0.581. The largest absolute Gasteiger partial charge is 0.171 e. The summed E-state index contributed by atoms with van der Waals surface area (Å²) in [5.74, 6) is 0. The van der Waals surface area contributed by atoms with Gasteiger partial charge < -0.3 is 0 Å². The lowest BCUT2D eigenvalue weighted by atomic mass is 10.0. The van der Waals surface area contributed by atoms with Crippen molar-refractivity contribution in [3.05, 3.63) is 23.8 Å². The fourth-order valence-electron chi connectivity index (χ4n) is 1.23. The van der Waals surface area contributed by atoms with Crippen molar-refractivity contribution in [3.8, 4) is 0 Å². The van der Waals surface area contributed by atoms with E-state index in [9.17, 15) is 0 Å². The van der Waals surface area contributed by atoms with Crippen LogP contribution in [0.3, 0.4) is 0 Å². The van der Waals surface area contributed by atoms with Gasteiger partial charge in [0.25, 0.3) is 0 Å². The minimum absolute atomic E-state index is 0.464. The van der Waals surface area contributed by atoms with E-state index in [0.717, 1.165) is 6.42 Å². The first-order valence-corrected chi connectivity index (χ1v) is 4.39. The molecule has 0 nitrogen and oxygen atoms in total. The monoisotopic (exact) mass is 154 g/mol. The van der Waals surface area contributed by atoms with Crippen LogP contribution in [0.4, 0.5) is 0 Å². The molecule has 1 aliphatic rings. The van der Waals surface area contributed by atoms with Gasteiger partial charge in [0.2, 0.25) is 0 Å². The van der Waals surface area contributed by atoms with Gasteiger partial charge in [-0.1, -0.05) is 37.1 Å². The molecule has 0 aromatic rings. The van der Waals surface area contributed by atoms with Crippen molar-refractivity contribution >= 4 is 12.6 Å². The molecule has 0 heterocycles. The Hall–Kier alpha value is -0.170. The number of thiol groups is 1. The van der Waals surface area contributed by atoms with Crippen molar-refractivity contribution in [1.29, 1.82) is 0 Å². The zero-order chi connectivity index (χ0) is 7.40. The van der Waals surface area contributed by atoms with Gasteiger partial charge in [0.15, 0.2) is 0 Å². The third-order valence-corrected chi connectivity index (χ3v) is 2.06. The van der Waals surface area contributed by atoms with Crippen LogP contribution in [0.25, 0.3) is 0 Å². The van der Waals surface area contributed by atoms with Crippen LogP contribution in [0.1, 0.15) is 26.2 Å². The Morgan fingerprint density at radius 2 is 2.50 bits per heavy atom. The average molecular weight is 154 g/mol. The molecule has 56 valence electrons. The second-order valence-electron chi connectivity index (χ2n) is 2.73. The fourth-order valence-corrected chi connectivity index (χ4v) is 1.57. The lowest BCUT2D eigenvalue weighted by Crippen LogP contribution is -1.99. The summed E-state index contributed by atoms with van der Waals surface area (Å²) in [6, 6.07) is 0. The molecule has 0 aliphatic heterocycles. The first-order chi connectivity index (χ1) is 4.83. The van der Waals surface area contributed by atoms with E-state index in [1.54, 1.807) is 5.57 Å². The first kappa shape index (κ1) is 7.93. The van der Waals surface area contributed by atoms with Crippen LogP contribution in [0, 0.1) is 0 Å². The summed E-state index contributed by atoms with van der Waals surface area (Å²) in [7, 11) is 0. The smallest absolute Gasteiger partial charge is 0.0237 e. The number of hydrogen-bond donors (Lipinski definition) is 1. The van der Waals surface area contributed by atoms with Crippen LogP contribution < -0.4 is 0 Å². The predicted octanol–water partition coefficient (Wildman–Crippen LogP) is 2.97. The van der Waals surface area contributed by atoms with Crippen molar-refractivity contribution in [1.82, 2.24) is 0 Å². The lowest BCUT2D eigenvalue weighted by Gasteiger charge is -2.12.